The second-order valence-corrected chi connectivity index (χ2v) is 6.24. The normalized spacial score (nSPS) is 30.6. The van der Waals surface area contributed by atoms with Crippen LogP contribution in [0.15, 0.2) is 0 Å². The predicted molar refractivity (Wildman–Crippen MR) is 74.7 cm³/mol. The smallest absolute Gasteiger partial charge is 0.0921 e. The quantitative estimate of drug-likeness (QED) is 0.698. The molecule has 0 heterocycles. The van der Waals surface area contributed by atoms with Gasteiger partial charge in [0.05, 0.1) is 24.9 Å². The van der Waals surface area contributed by atoms with E-state index in [1.807, 2.05) is 0 Å². The highest BCUT2D eigenvalue weighted by Crippen LogP contribution is 2.25. The van der Waals surface area contributed by atoms with Gasteiger partial charge in [0.25, 0.3) is 0 Å². The molecular formula is C15H29NO3. The molecule has 0 saturated heterocycles. The molecule has 2 aliphatic carbocycles. The number of aliphatic hydroxyl groups is 1. The van der Waals surface area contributed by atoms with Crippen molar-refractivity contribution in [2.45, 2.75) is 76.6 Å². The lowest BCUT2D eigenvalue weighted by molar-refractivity contribution is -0.0650. The number of aliphatic hydroxyl groups excluding tert-OH is 1. The molecule has 4 heteroatoms. The van der Waals surface area contributed by atoms with Gasteiger partial charge in [-0.15, -0.1) is 0 Å². The lowest BCUT2D eigenvalue weighted by Crippen LogP contribution is -2.34. The van der Waals surface area contributed by atoms with Gasteiger partial charge < -0.3 is 9.84 Å². The second kappa shape index (κ2) is 8.20. The van der Waals surface area contributed by atoms with Crippen molar-refractivity contribution in [3.63, 3.8) is 0 Å². The Bertz CT molecular complexity index is 236. The lowest BCUT2D eigenvalue weighted by atomic mass is 9.89. The molecule has 0 amide bonds. The minimum Gasteiger partial charge on any atom is -0.389 e. The molecule has 19 heavy (non-hydrogen) atoms. The van der Waals surface area contributed by atoms with Crippen molar-refractivity contribution >= 4 is 0 Å². The van der Waals surface area contributed by atoms with Crippen molar-refractivity contribution in [3.05, 3.63) is 0 Å². The highest BCUT2D eigenvalue weighted by Gasteiger charge is 2.20. The van der Waals surface area contributed by atoms with Crippen LogP contribution >= 0.6 is 0 Å². The Kier molecular flexibility index (Phi) is 6.57. The minimum atomic E-state index is -0.472. The minimum absolute atomic E-state index is 0.341. The Labute approximate surface area is 116 Å². The van der Waals surface area contributed by atoms with Crippen LogP contribution < -0.4 is 5.48 Å². The van der Waals surface area contributed by atoms with Gasteiger partial charge in [-0.25, -0.2) is 0 Å². The third-order valence-corrected chi connectivity index (χ3v) is 4.36. The Morgan fingerprint density at radius 2 is 1.74 bits per heavy atom. The van der Waals surface area contributed by atoms with Crippen molar-refractivity contribution in [2.24, 2.45) is 5.92 Å². The van der Waals surface area contributed by atoms with Crippen molar-refractivity contribution in [1.82, 2.24) is 5.48 Å². The van der Waals surface area contributed by atoms with E-state index >= 15 is 0 Å². The molecule has 2 rings (SSSR count). The first-order chi connectivity index (χ1) is 9.24. The van der Waals surface area contributed by atoms with Crippen LogP contribution in [0.25, 0.3) is 0 Å². The highest BCUT2D eigenvalue weighted by atomic mass is 16.7. The maximum Gasteiger partial charge on any atom is 0.0921 e. The Morgan fingerprint density at radius 1 is 1.05 bits per heavy atom. The molecule has 4 nitrogen and oxygen atoms in total. The van der Waals surface area contributed by atoms with E-state index in [1.165, 1.54) is 25.7 Å². The standard InChI is InChI=1S/C15H29NO3/c1-12-6-8-14(9-7-12)18-11-13(17)10-16-19-15-4-2-3-5-15/h12-17H,2-11H2,1H3. The summed E-state index contributed by atoms with van der Waals surface area (Å²) in [7, 11) is 0. The summed E-state index contributed by atoms with van der Waals surface area (Å²) in [5, 5.41) is 9.84. The summed E-state index contributed by atoms with van der Waals surface area (Å²) in [4.78, 5) is 5.51. The predicted octanol–water partition coefficient (Wildman–Crippen LogP) is 2.41. The summed E-state index contributed by atoms with van der Waals surface area (Å²) >= 11 is 0. The maximum atomic E-state index is 9.84. The SMILES string of the molecule is CC1CCC(OCC(O)CNOC2CCCC2)CC1. The van der Waals surface area contributed by atoms with Crippen molar-refractivity contribution < 1.29 is 14.7 Å². The average molecular weight is 271 g/mol. The van der Waals surface area contributed by atoms with E-state index in [-0.39, 0.29) is 0 Å². The van der Waals surface area contributed by atoms with Crippen LogP contribution in [0, 0.1) is 5.92 Å². The molecule has 0 aromatic carbocycles. The molecule has 2 fully saturated rings. The zero-order valence-electron chi connectivity index (χ0n) is 12.1. The maximum absolute atomic E-state index is 9.84. The largest absolute Gasteiger partial charge is 0.389 e. The van der Waals surface area contributed by atoms with E-state index in [0.29, 0.717) is 25.4 Å². The molecule has 0 radical (unpaired) electrons. The van der Waals surface area contributed by atoms with Crippen LogP contribution in [-0.2, 0) is 9.57 Å². The molecule has 0 aliphatic heterocycles. The van der Waals surface area contributed by atoms with Gasteiger partial charge in [0.1, 0.15) is 0 Å². The van der Waals surface area contributed by atoms with Gasteiger partial charge in [-0.3, -0.25) is 4.84 Å². The van der Waals surface area contributed by atoms with Gasteiger partial charge >= 0.3 is 0 Å². The fraction of sp³-hybridized carbons (Fsp3) is 1.00. The average Bonchev–Trinajstić information content (AvgIpc) is 2.91. The molecule has 1 unspecified atom stereocenters. The Hall–Kier alpha value is -0.160. The molecule has 0 aromatic rings. The van der Waals surface area contributed by atoms with Crippen LogP contribution in [0.3, 0.4) is 0 Å². The summed E-state index contributed by atoms with van der Waals surface area (Å²) in [5.41, 5.74) is 2.89. The van der Waals surface area contributed by atoms with E-state index in [9.17, 15) is 5.11 Å². The van der Waals surface area contributed by atoms with E-state index in [2.05, 4.69) is 12.4 Å². The Balaban J connectivity index is 1.48. The number of hydroxylamine groups is 1. The van der Waals surface area contributed by atoms with Gasteiger partial charge in [0, 0.05) is 6.54 Å². The fourth-order valence-electron chi connectivity index (χ4n) is 2.97. The van der Waals surface area contributed by atoms with Gasteiger partial charge in [0.2, 0.25) is 0 Å². The van der Waals surface area contributed by atoms with Gasteiger partial charge in [-0.1, -0.05) is 19.8 Å². The first-order valence-corrected chi connectivity index (χ1v) is 7.92. The summed E-state index contributed by atoms with van der Waals surface area (Å²) < 4.78 is 5.77. The van der Waals surface area contributed by atoms with Gasteiger partial charge in [-0.2, -0.15) is 5.48 Å². The summed E-state index contributed by atoms with van der Waals surface area (Å²) in [6, 6.07) is 0. The number of hydrogen-bond acceptors (Lipinski definition) is 4. The second-order valence-electron chi connectivity index (χ2n) is 6.24. The van der Waals surface area contributed by atoms with Crippen LogP contribution in [0.1, 0.15) is 58.3 Å². The van der Waals surface area contributed by atoms with E-state index in [1.54, 1.807) is 0 Å². The highest BCUT2D eigenvalue weighted by molar-refractivity contribution is 4.71. The molecule has 2 saturated carbocycles. The molecule has 1 atom stereocenters. The molecule has 0 spiro atoms. The van der Waals surface area contributed by atoms with Crippen molar-refractivity contribution in [2.75, 3.05) is 13.2 Å². The molecular weight excluding hydrogens is 242 g/mol. The van der Waals surface area contributed by atoms with Gasteiger partial charge in [0.15, 0.2) is 0 Å². The molecule has 0 aromatic heterocycles. The molecule has 2 N–H and O–H groups in total. The zero-order valence-corrected chi connectivity index (χ0v) is 12.1. The number of nitrogens with one attached hydrogen (secondary N) is 1. The number of rotatable bonds is 7. The van der Waals surface area contributed by atoms with Crippen molar-refractivity contribution in [1.29, 1.82) is 0 Å². The van der Waals surface area contributed by atoms with Crippen LogP contribution in [0.2, 0.25) is 0 Å². The van der Waals surface area contributed by atoms with Crippen LogP contribution in [0.5, 0.6) is 0 Å². The van der Waals surface area contributed by atoms with Gasteiger partial charge in [-0.05, 0) is 44.4 Å². The molecule has 112 valence electrons. The molecule has 0 bridgehead atoms. The van der Waals surface area contributed by atoms with E-state index in [0.717, 1.165) is 31.6 Å². The number of ether oxygens (including phenoxy) is 1. The Morgan fingerprint density at radius 3 is 2.42 bits per heavy atom. The first kappa shape index (κ1) is 15.2. The van der Waals surface area contributed by atoms with Crippen LogP contribution in [-0.4, -0.2) is 36.6 Å². The van der Waals surface area contributed by atoms with Crippen LogP contribution in [0.4, 0.5) is 0 Å². The monoisotopic (exact) mass is 271 g/mol. The van der Waals surface area contributed by atoms with E-state index < -0.39 is 6.10 Å². The number of hydrogen-bond donors (Lipinski definition) is 2. The third-order valence-electron chi connectivity index (χ3n) is 4.36. The van der Waals surface area contributed by atoms with E-state index in [4.69, 9.17) is 9.57 Å². The first-order valence-electron chi connectivity index (χ1n) is 7.92. The summed E-state index contributed by atoms with van der Waals surface area (Å²) in [6.45, 7) is 3.18. The topological polar surface area (TPSA) is 50.7 Å². The zero-order chi connectivity index (χ0) is 13.5. The lowest BCUT2D eigenvalue weighted by Gasteiger charge is -2.27. The molecule has 2 aliphatic rings. The van der Waals surface area contributed by atoms with Crippen molar-refractivity contribution in [3.8, 4) is 0 Å². The summed E-state index contributed by atoms with van der Waals surface area (Å²) in [5.74, 6) is 0.839. The summed E-state index contributed by atoms with van der Waals surface area (Å²) in [6.07, 6.45) is 9.80. The fourth-order valence-corrected chi connectivity index (χ4v) is 2.97. The third kappa shape index (κ3) is 5.78.